The van der Waals surface area contributed by atoms with Crippen LogP contribution in [0.15, 0.2) is 54.6 Å². The summed E-state index contributed by atoms with van der Waals surface area (Å²) in [5, 5.41) is 0. The topological polar surface area (TPSA) is 95.4 Å². The molecule has 0 spiro atoms. The number of ketones is 1. The number of ether oxygens (including phenoxy) is 1. The lowest BCUT2D eigenvalue weighted by molar-refractivity contribution is -0.119. The maximum absolute atomic E-state index is 10.7. The number of hydrogen-bond donors (Lipinski definition) is 2. The first-order valence-electron chi connectivity index (χ1n) is 7.16. The van der Waals surface area contributed by atoms with Crippen LogP contribution in [0.25, 0.3) is 0 Å². The molecule has 0 aliphatic rings. The molecule has 0 saturated heterocycles. The van der Waals surface area contributed by atoms with Gasteiger partial charge in [-0.05, 0) is 30.2 Å². The Morgan fingerprint density at radius 2 is 1.61 bits per heavy atom. The fourth-order valence-electron chi connectivity index (χ4n) is 1.86. The SMILES string of the molecule is COc1ccc(CC(C)=O)cc1.NC(=O)[C@@H](N)c1ccccc1. The maximum atomic E-state index is 10.7. The molecule has 0 fully saturated rings. The van der Waals surface area contributed by atoms with Crippen molar-refractivity contribution in [3.8, 4) is 5.75 Å². The maximum Gasteiger partial charge on any atom is 0.238 e. The van der Waals surface area contributed by atoms with Gasteiger partial charge < -0.3 is 16.2 Å². The normalized spacial score (nSPS) is 10.9. The number of amides is 1. The fraction of sp³-hybridized carbons (Fsp3) is 0.222. The van der Waals surface area contributed by atoms with Gasteiger partial charge in [-0.2, -0.15) is 0 Å². The van der Waals surface area contributed by atoms with E-state index < -0.39 is 11.9 Å². The van der Waals surface area contributed by atoms with Gasteiger partial charge in [0.25, 0.3) is 0 Å². The van der Waals surface area contributed by atoms with Gasteiger partial charge in [-0.15, -0.1) is 0 Å². The molecule has 0 heterocycles. The van der Waals surface area contributed by atoms with Gasteiger partial charge in [0.1, 0.15) is 17.6 Å². The van der Waals surface area contributed by atoms with Crippen LogP contribution in [0, 0.1) is 0 Å². The van der Waals surface area contributed by atoms with E-state index in [9.17, 15) is 9.59 Å². The standard InChI is InChI=1S/C10H12O2.C8H10N2O/c1-8(11)7-9-3-5-10(12-2)6-4-9;9-7(8(10)11)6-4-2-1-3-5-6/h3-6H,7H2,1-2H3;1-5,7H,9H2,(H2,10,11)/t;7-/m.0/s1. The van der Waals surface area contributed by atoms with Crippen LogP contribution < -0.4 is 16.2 Å². The van der Waals surface area contributed by atoms with Crippen molar-refractivity contribution in [3.05, 3.63) is 65.7 Å². The highest BCUT2D eigenvalue weighted by molar-refractivity contribution is 5.81. The summed E-state index contributed by atoms with van der Waals surface area (Å²) in [7, 11) is 1.62. The van der Waals surface area contributed by atoms with Crippen LogP contribution in [0.4, 0.5) is 0 Å². The Labute approximate surface area is 136 Å². The number of rotatable bonds is 5. The molecule has 0 bridgehead atoms. The monoisotopic (exact) mass is 314 g/mol. The van der Waals surface area contributed by atoms with Crippen LogP contribution in [-0.4, -0.2) is 18.8 Å². The Morgan fingerprint density at radius 3 is 2.04 bits per heavy atom. The van der Waals surface area contributed by atoms with Gasteiger partial charge in [-0.3, -0.25) is 9.59 Å². The molecule has 5 nitrogen and oxygen atoms in total. The Morgan fingerprint density at radius 1 is 1.04 bits per heavy atom. The van der Waals surface area contributed by atoms with Gasteiger partial charge in [0.2, 0.25) is 5.91 Å². The van der Waals surface area contributed by atoms with E-state index in [2.05, 4.69) is 0 Å². The van der Waals surface area contributed by atoms with Crippen LogP contribution in [0.5, 0.6) is 5.75 Å². The third-order valence-electron chi connectivity index (χ3n) is 3.08. The summed E-state index contributed by atoms with van der Waals surface area (Å²) in [5.41, 5.74) is 12.2. The lowest BCUT2D eigenvalue weighted by atomic mass is 10.1. The highest BCUT2D eigenvalue weighted by atomic mass is 16.5. The minimum atomic E-state index is -0.684. The number of methoxy groups -OCH3 is 1. The van der Waals surface area contributed by atoms with Crippen molar-refractivity contribution >= 4 is 11.7 Å². The number of hydrogen-bond acceptors (Lipinski definition) is 4. The van der Waals surface area contributed by atoms with E-state index in [0.717, 1.165) is 16.9 Å². The Balaban J connectivity index is 0.000000231. The van der Waals surface area contributed by atoms with E-state index in [4.69, 9.17) is 16.2 Å². The number of Topliss-reactive ketones (excluding diaryl/α,β-unsaturated/α-hetero) is 1. The van der Waals surface area contributed by atoms with Gasteiger partial charge in [0, 0.05) is 6.42 Å². The average molecular weight is 314 g/mol. The summed E-state index contributed by atoms with van der Waals surface area (Å²) >= 11 is 0. The van der Waals surface area contributed by atoms with Crippen LogP contribution >= 0.6 is 0 Å². The van der Waals surface area contributed by atoms with Crippen molar-refractivity contribution in [2.45, 2.75) is 19.4 Å². The zero-order valence-corrected chi connectivity index (χ0v) is 13.4. The summed E-state index contributed by atoms with van der Waals surface area (Å²) in [6.07, 6.45) is 0.504. The molecule has 0 unspecified atom stereocenters. The molecule has 2 rings (SSSR count). The van der Waals surface area contributed by atoms with E-state index in [1.165, 1.54) is 0 Å². The first-order chi connectivity index (χ1) is 10.9. The van der Waals surface area contributed by atoms with Gasteiger partial charge in [-0.1, -0.05) is 42.5 Å². The molecule has 122 valence electrons. The van der Waals surface area contributed by atoms with Crippen molar-refractivity contribution in [1.82, 2.24) is 0 Å². The van der Waals surface area contributed by atoms with E-state index in [0.29, 0.717) is 6.42 Å². The van der Waals surface area contributed by atoms with Crippen LogP contribution in [-0.2, 0) is 16.0 Å². The third-order valence-corrected chi connectivity index (χ3v) is 3.08. The second-order valence-electron chi connectivity index (χ2n) is 5.02. The molecule has 0 aliphatic carbocycles. The third kappa shape index (κ3) is 6.76. The molecule has 0 radical (unpaired) electrons. The van der Waals surface area contributed by atoms with Gasteiger partial charge in [-0.25, -0.2) is 0 Å². The molecule has 1 amide bonds. The lowest BCUT2D eigenvalue weighted by Gasteiger charge is -2.05. The summed E-state index contributed by atoms with van der Waals surface area (Å²) < 4.78 is 4.99. The number of carbonyl (C=O) groups is 2. The van der Waals surface area contributed by atoms with Crippen LogP contribution in [0.2, 0.25) is 0 Å². The summed E-state index contributed by atoms with van der Waals surface area (Å²) in [6, 6.07) is 15.9. The van der Waals surface area contributed by atoms with E-state index in [1.807, 2.05) is 42.5 Å². The first-order valence-corrected chi connectivity index (χ1v) is 7.16. The van der Waals surface area contributed by atoms with Crippen molar-refractivity contribution in [2.24, 2.45) is 11.5 Å². The quantitative estimate of drug-likeness (QED) is 0.882. The number of benzene rings is 2. The molecule has 4 N–H and O–H groups in total. The number of nitrogens with two attached hydrogens (primary N) is 2. The van der Waals surface area contributed by atoms with Crippen LogP contribution in [0.3, 0.4) is 0 Å². The Hall–Kier alpha value is -2.66. The van der Waals surface area contributed by atoms with E-state index in [1.54, 1.807) is 26.2 Å². The predicted octanol–water partition coefficient (Wildman–Crippen LogP) is 2.00. The van der Waals surface area contributed by atoms with Crippen molar-refractivity contribution < 1.29 is 14.3 Å². The van der Waals surface area contributed by atoms with E-state index in [-0.39, 0.29) is 5.78 Å². The van der Waals surface area contributed by atoms with Crippen molar-refractivity contribution in [2.75, 3.05) is 7.11 Å². The van der Waals surface area contributed by atoms with Gasteiger partial charge in [0.05, 0.1) is 7.11 Å². The fourth-order valence-corrected chi connectivity index (χ4v) is 1.86. The second kappa shape index (κ2) is 9.38. The van der Waals surface area contributed by atoms with Crippen molar-refractivity contribution in [3.63, 3.8) is 0 Å². The highest BCUT2D eigenvalue weighted by Crippen LogP contribution is 2.11. The summed E-state index contributed by atoms with van der Waals surface area (Å²) in [5.74, 6) is 0.499. The minimum absolute atomic E-state index is 0.181. The lowest BCUT2D eigenvalue weighted by Crippen LogP contribution is -2.27. The van der Waals surface area contributed by atoms with Crippen LogP contribution in [0.1, 0.15) is 24.1 Å². The smallest absolute Gasteiger partial charge is 0.238 e. The zero-order chi connectivity index (χ0) is 17.2. The minimum Gasteiger partial charge on any atom is -0.497 e. The van der Waals surface area contributed by atoms with Gasteiger partial charge in [0.15, 0.2) is 0 Å². The molecule has 23 heavy (non-hydrogen) atoms. The summed E-state index contributed by atoms with van der Waals surface area (Å²) in [6.45, 7) is 1.59. The Bertz CT molecular complexity index is 624. The zero-order valence-electron chi connectivity index (χ0n) is 13.4. The Kier molecular flexibility index (Phi) is 7.50. The molecule has 1 atom stereocenters. The van der Waals surface area contributed by atoms with Crippen molar-refractivity contribution in [1.29, 1.82) is 0 Å². The molecule has 0 saturated carbocycles. The largest absolute Gasteiger partial charge is 0.497 e. The van der Waals surface area contributed by atoms with E-state index >= 15 is 0 Å². The predicted molar refractivity (Wildman–Crippen MR) is 89.9 cm³/mol. The second-order valence-corrected chi connectivity index (χ2v) is 5.02. The summed E-state index contributed by atoms with van der Waals surface area (Å²) in [4.78, 5) is 21.3. The molecule has 2 aromatic carbocycles. The molecule has 0 aliphatic heterocycles. The van der Waals surface area contributed by atoms with Gasteiger partial charge >= 0.3 is 0 Å². The number of carbonyl (C=O) groups excluding carboxylic acids is 2. The molecule has 0 aromatic heterocycles. The highest BCUT2D eigenvalue weighted by Gasteiger charge is 2.09. The molecular formula is C18H22N2O3. The number of primary amides is 1. The molecule has 2 aromatic rings. The molecule has 5 heteroatoms. The average Bonchev–Trinajstić information content (AvgIpc) is 2.55. The molecular weight excluding hydrogens is 292 g/mol. The first kappa shape index (κ1) is 18.4.